The average molecular weight is 386 g/mol. The van der Waals surface area contributed by atoms with Gasteiger partial charge < -0.3 is 10.4 Å². The van der Waals surface area contributed by atoms with Crippen LogP contribution in [0.25, 0.3) is 0 Å². The van der Waals surface area contributed by atoms with Gasteiger partial charge in [-0.3, -0.25) is 4.79 Å². The van der Waals surface area contributed by atoms with Gasteiger partial charge in [-0.2, -0.15) is 8.42 Å². The van der Waals surface area contributed by atoms with Gasteiger partial charge in [-0.25, -0.2) is 18.4 Å². The standard InChI is InChI=1S/C16H23FN4O4S/c1-9(2)5-6-18-10-3-4-12-11(7-10)14(17)15(16(23)19-12)21-8-13(22)20-26(21,24)25/h9-10,18H,3-8H2,1-2H3,(H,19,23)(H,20,22). The van der Waals surface area contributed by atoms with Gasteiger partial charge >= 0.3 is 10.2 Å². The number of hydrogen-bond donors (Lipinski definition) is 3. The van der Waals surface area contributed by atoms with Crippen molar-refractivity contribution in [3.05, 3.63) is 17.1 Å². The van der Waals surface area contributed by atoms with Crippen molar-refractivity contribution < 1.29 is 22.7 Å². The Hall–Kier alpha value is -1.94. The number of hydrogen-bond acceptors (Lipinski definition) is 6. The summed E-state index contributed by atoms with van der Waals surface area (Å²) >= 11 is 0. The van der Waals surface area contributed by atoms with E-state index in [2.05, 4.69) is 24.1 Å². The van der Waals surface area contributed by atoms with Crippen molar-refractivity contribution in [1.82, 2.24) is 15.0 Å². The maximum absolute atomic E-state index is 15.1. The first-order valence-electron chi connectivity index (χ1n) is 8.66. The second-order valence-electron chi connectivity index (χ2n) is 7.14. The third-order valence-electron chi connectivity index (χ3n) is 4.68. The number of rotatable bonds is 5. The van der Waals surface area contributed by atoms with Gasteiger partial charge in [0.2, 0.25) is 5.88 Å². The monoisotopic (exact) mass is 386 g/mol. The highest BCUT2D eigenvalue weighted by Gasteiger charge is 2.39. The number of halogens is 1. The molecule has 1 aromatic rings. The molecule has 1 unspecified atom stereocenters. The highest BCUT2D eigenvalue weighted by Crippen LogP contribution is 2.37. The number of nitrogens with one attached hydrogen (secondary N) is 2. The summed E-state index contributed by atoms with van der Waals surface area (Å²) in [5.41, 5.74) is 0.159. The zero-order valence-corrected chi connectivity index (χ0v) is 15.6. The van der Waals surface area contributed by atoms with Crippen LogP contribution in [0.5, 0.6) is 5.88 Å². The smallest absolute Gasteiger partial charge is 0.326 e. The van der Waals surface area contributed by atoms with E-state index in [1.807, 2.05) is 0 Å². The van der Waals surface area contributed by atoms with Gasteiger partial charge in [-0.05, 0) is 38.1 Å². The van der Waals surface area contributed by atoms with Gasteiger partial charge in [0.05, 0.1) is 5.69 Å². The van der Waals surface area contributed by atoms with Crippen LogP contribution < -0.4 is 14.3 Å². The molecule has 0 spiro atoms. The molecule has 2 aliphatic rings. The summed E-state index contributed by atoms with van der Waals surface area (Å²) in [5.74, 6) is -1.77. The van der Waals surface area contributed by atoms with Crippen LogP contribution >= 0.6 is 0 Å². The van der Waals surface area contributed by atoms with Crippen LogP contribution in [0.4, 0.5) is 10.1 Å². The zero-order chi connectivity index (χ0) is 19.1. The lowest BCUT2D eigenvalue weighted by molar-refractivity contribution is -0.117. The van der Waals surface area contributed by atoms with Gasteiger partial charge in [0.15, 0.2) is 11.5 Å². The Kier molecular flexibility index (Phi) is 5.07. The van der Waals surface area contributed by atoms with E-state index >= 15 is 4.39 Å². The quantitative estimate of drug-likeness (QED) is 0.683. The van der Waals surface area contributed by atoms with Crippen molar-refractivity contribution in [2.24, 2.45) is 5.92 Å². The van der Waals surface area contributed by atoms with Gasteiger partial charge in [0, 0.05) is 11.6 Å². The Morgan fingerprint density at radius 1 is 1.46 bits per heavy atom. The molecule has 1 aromatic heterocycles. The van der Waals surface area contributed by atoms with E-state index in [0.717, 1.165) is 19.4 Å². The number of amides is 1. The van der Waals surface area contributed by atoms with Crippen LogP contribution in [0.2, 0.25) is 0 Å². The van der Waals surface area contributed by atoms with E-state index in [9.17, 15) is 18.3 Å². The fraction of sp³-hybridized carbons (Fsp3) is 0.625. The van der Waals surface area contributed by atoms with E-state index in [4.69, 9.17) is 0 Å². The van der Waals surface area contributed by atoms with Gasteiger partial charge in [-0.1, -0.05) is 13.8 Å². The van der Waals surface area contributed by atoms with Crippen molar-refractivity contribution in [1.29, 1.82) is 0 Å². The lowest BCUT2D eigenvalue weighted by Gasteiger charge is -2.27. The number of nitrogens with zero attached hydrogens (tertiary/aromatic N) is 2. The second kappa shape index (κ2) is 6.99. The van der Waals surface area contributed by atoms with Crippen molar-refractivity contribution >= 4 is 21.8 Å². The normalized spacial score (nSPS) is 21.8. The molecule has 3 N–H and O–H groups in total. The Morgan fingerprint density at radius 3 is 2.81 bits per heavy atom. The number of aromatic hydroxyl groups is 1. The second-order valence-corrected chi connectivity index (χ2v) is 8.73. The molecule has 1 atom stereocenters. The topological polar surface area (TPSA) is 112 Å². The van der Waals surface area contributed by atoms with E-state index in [-0.39, 0.29) is 6.04 Å². The minimum absolute atomic E-state index is 0.0601. The Labute approximate surface area is 152 Å². The lowest BCUT2D eigenvalue weighted by atomic mass is 9.90. The molecule has 2 heterocycles. The van der Waals surface area contributed by atoms with Crippen LogP contribution in [0.1, 0.15) is 37.9 Å². The maximum Gasteiger partial charge on any atom is 0.326 e. The first-order valence-corrected chi connectivity index (χ1v) is 10.1. The Bertz CT molecular complexity index is 828. The molecule has 8 nitrogen and oxygen atoms in total. The minimum atomic E-state index is -4.22. The van der Waals surface area contributed by atoms with Crippen molar-refractivity contribution in [3.63, 3.8) is 0 Å². The van der Waals surface area contributed by atoms with Crippen molar-refractivity contribution in [2.75, 3.05) is 17.4 Å². The largest absolute Gasteiger partial charge is 0.492 e. The van der Waals surface area contributed by atoms with E-state index in [1.165, 1.54) is 0 Å². The van der Waals surface area contributed by atoms with Crippen LogP contribution in [0, 0.1) is 11.7 Å². The van der Waals surface area contributed by atoms with Gasteiger partial charge in [0.1, 0.15) is 6.54 Å². The summed E-state index contributed by atoms with van der Waals surface area (Å²) in [7, 11) is -4.22. The third kappa shape index (κ3) is 3.61. The van der Waals surface area contributed by atoms with Crippen LogP contribution in [0.3, 0.4) is 0 Å². The number of aromatic nitrogens is 1. The number of fused-ring (bicyclic) bond motifs is 1. The van der Waals surface area contributed by atoms with Crippen LogP contribution in [-0.2, 0) is 27.8 Å². The van der Waals surface area contributed by atoms with Crippen molar-refractivity contribution in [3.8, 4) is 5.88 Å². The molecule has 144 valence electrons. The number of aryl methyl sites for hydroxylation is 1. The molecule has 26 heavy (non-hydrogen) atoms. The fourth-order valence-electron chi connectivity index (χ4n) is 3.31. The summed E-state index contributed by atoms with van der Waals surface area (Å²) in [4.78, 5) is 15.4. The fourth-order valence-corrected chi connectivity index (χ4v) is 4.46. The third-order valence-corrected chi connectivity index (χ3v) is 6.06. The number of anilines is 1. The highest BCUT2D eigenvalue weighted by atomic mass is 32.2. The molecule has 1 saturated heterocycles. The van der Waals surface area contributed by atoms with Gasteiger partial charge in [0.25, 0.3) is 5.91 Å². The Morgan fingerprint density at radius 2 is 2.19 bits per heavy atom. The Balaban J connectivity index is 1.88. The highest BCUT2D eigenvalue weighted by molar-refractivity contribution is 7.92. The summed E-state index contributed by atoms with van der Waals surface area (Å²) in [6.45, 7) is 4.49. The molecule has 1 fully saturated rings. The molecule has 1 amide bonds. The summed E-state index contributed by atoms with van der Waals surface area (Å²) in [5, 5.41) is 13.5. The first-order chi connectivity index (χ1) is 12.2. The van der Waals surface area contributed by atoms with Gasteiger partial charge in [-0.15, -0.1) is 0 Å². The molecule has 10 heteroatoms. The first kappa shape index (κ1) is 18.8. The van der Waals surface area contributed by atoms with Crippen LogP contribution in [0.15, 0.2) is 0 Å². The summed E-state index contributed by atoms with van der Waals surface area (Å²) < 4.78 is 41.4. The molecule has 0 aromatic carbocycles. The maximum atomic E-state index is 15.1. The molecular formula is C16H23FN4O4S. The zero-order valence-electron chi connectivity index (χ0n) is 14.7. The molecule has 3 rings (SSSR count). The minimum Gasteiger partial charge on any atom is -0.492 e. The molecule has 0 radical (unpaired) electrons. The van der Waals surface area contributed by atoms with Crippen LogP contribution in [-0.4, -0.2) is 43.5 Å². The summed E-state index contributed by atoms with van der Waals surface area (Å²) in [6, 6.07) is 0.0601. The summed E-state index contributed by atoms with van der Waals surface area (Å²) in [6.07, 6.45) is 2.61. The number of carbonyl (C=O) groups excluding carboxylic acids is 1. The molecule has 0 bridgehead atoms. The SMILES string of the molecule is CC(C)CCNC1CCc2nc(O)c(N3CC(=O)NS3(=O)=O)c(F)c2C1. The molecule has 1 aliphatic carbocycles. The molecule has 1 aliphatic heterocycles. The number of carbonyl (C=O) groups is 1. The average Bonchev–Trinajstić information content (AvgIpc) is 2.80. The van der Waals surface area contributed by atoms with Crippen molar-refractivity contribution in [2.45, 2.75) is 45.6 Å². The lowest BCUT2D eigenvalue weighted by Crippen LogP contribution is -2.37. The van der Waals surface area contributed by atoms with E-state index < -0.39 is 40.0 Å². The molecular weight excluding hydrogens is 363 g/mol. The predicted molar refractivity (Wildman–Crippen MR) is 93.5 cm³/mol. The molecule has 0 saturated carbocycles. The van der Waals surface area contributed by atoms with E-state index in [1.54, 1.807) is 4.72 Å². The number of pyridine rings is 1. The predicted octanol–water partition coefficient (Wildman–Crippen LogP) is 0.600. The van der Waals surface area contributed by atoms with E-state index in [0.29, 0.717) is 34.3 Å².